The Bertz CT molecular complexity index is 33.1. The van der Waals surface area contributed by atoms with Gasteiger partial charge in [-0.1, -0.05) is 12.6 Å². The molecule has 0 atom stereocenters. The quantitative estimate of drug-likeness (QED) is 0.296. The van der Waals surface area contributed by atoms with Gasteiger partial charge in [0, 0.05) is 0 Å². The molecular weight excluding hydrogens is 144 g/mol. The largest absolute Gasteiger partial charge is 1.00 e. The van der Waals surface area contributed by atoms with Crippen molar-refractivity contribution < 1.29 is 59.6 Å². The van der Waals surface area contributed by atoms with Gasteiger partial charge >= 0.3 is 58.2 Å². The van der Waals surface area contributed by atoms with Crippen LogP contribution in [0.4, 0.5) is 0 Å². The molecule has 0 rings (SSSR count). The van der Waals surface area contributed by atoms with Gasteiger partial charge in [0.15, 0.2) is 0 Å². The molecule has 0 amide bonds. The molecular formula is CH2NRbS. The molecule has 3 heteroatoms. The second-order valence-electron chi connectivity index (χ2n) is 0.100. The summed E-state index contributed by atoms with van der Waals surface area (Å²) < 4.78 is 0. The van der Waals surface area contributed by atoms with Gasteiger partial charge in [0.25, 0.3) is 0 Å². The van der Waals surface area contributed by atoms with Gasteiger partial charge in [-0.3, -0.25) is 0 Å². The maximum absolute atomic E-state index is 7.18. The molecule has 1 nitrogen and oxygen atoms in total. The average molecular weight is 146 g/mol. The first-order valence-corrected chi connectivity index (χ1v) is 0.894. The number of rotatable bonds is 0. The van der Waals surface area contributed by atoms with Crippen molar-refractivity contribution in [2.45, 2.75) is 0 Å². The normalized spacial score (nSPS) is 2.00. The number of nitriles is 1. The molecule has 4 heavy (non-hydrogen) atoms. The van der Waals surface area contributed by atoms with Gasteiger partial charge in [-0.15, -0.1) is 0 Å². The smallest absolute Gasteiger partial charge is 1.00 e. The van der Waals surface area contributed by atoms with Crippen LogP contribution in [0.1, 0.15) is 1.43 Å². The van der Waals surface area contributed by atoms with Gasteiger partial charge in [0.05, 0.1) is 0 Å². The fourth-order valence-electron chi connectivity index (χ4n) is 0. The standard InChI is InChI=1S/CHNS.Rb.H/c2-1-3;;/h3H;;/q;+1;-1. The van der Waals surface area contributed by atoms with Crippen LogP contribution in [-0.2, 0) is 0 Å². The summed E-state index contributed by atoms with van der Waals surface area (Å²) in [6.45, 7) is 0. The molecule has 0 spiro atoms. The van der Waals surface area contributed by atoms with Crippen LogP contribution in [0.25, 0.3) is 0 Å². The van der Waals surface area contributed by atoms with E-state index in [4.69, 9.17) is 5.26 Å². The van der Waals surface area contributed by atoms with Gasteiger partial charge in [-0.05, 0) is 0 Å². The Morgan fingerprint density at radius 3 is 2.00 bits per heavy atom. The molecule has 0 aliphatic rings. The zero-order valence-corrected chi connectivity index (χ0v) is 8.20. The molecule has 0 aromatic rings. The summed E-state index contributed by atoms with van der Waals surface area (Å²) in [6, 6.07) is 0. The van der Waals surface area contributed by atoms with E-state index in [2.05, 4.69) is 12.6 Å². The van der Waals surface area contributed by atoms with E-state index in [1.165, 1.54) is 5.40 Å². The zero-order valence-electron chi connectivity index (χ0n) is 3.39. The van der Waals surface area contributed by atoms with E-state index in [-0.39, 0.29) is 59.6 Å². The summed E-state index contributed by atoms with van der Waals surface area (Å²) in [5, 5.41) is 8.63. The molecule has 0 heterocycles. The van der Waals surface area contributed by atoms with Crippen molar-refractivity contribution in [3.05, 3.63) is 0 Å². The van der Waals surface area contributed by atoms with Crippen molar-refractivity contribution in [1.82, 2.24) is 0 Å². The molecule has 0 aromatic carbocycles. The van der Waals surface area contributed by atoms with Gasteiger partial charge in [0.1, 0.15) is 5.40 Å². The monoisotopic (exact) mass is 145 g/mol. The average Bonchev–Trinajstić information content (AvgIpc) is 0.918. The van der Waals surface area contributed by atoms with Crippen LogP contribution in [0.3, 0.4) is 0 Å². The Labute approximate surface area is 81.1 Å². The molecule has 0 bridgehead atoms. The van der Waals surface area contributed by atoms with Crippen LogP contribution in [0, 0.1) is 10.7 Å². The number of hydrogen-bond acceptors (Lipinski definition) is 2. The predicted molar refractivity (Wildman–Crippen MR) is 15.7 cm³/mol. The van der Waals surface area contributed by atoms with Crippen LogP contribution in [0.5, 0.6) is 0 Å². The zero-order chi connectivity index (χ0) is 2.71. The molecule has 0 saturated heterocycles. The van der Waals surface area contributed by atoms with E-state index < -0.39 is 0 Å². The number of nitrogens with zero attached hydrogens (tertiary/aromatic N) is 1. The van der Waals surface area contributed by atoms with Crippen molar-refractivity contribution in [3.8, 4) is 5.40 Å². The van der Waals surface area contributed by atoms with Gasteiger partial charge in [-0.2, -0.15) is 5.26 Å². The van der Waals surface area contributed by atoms with Crippen LogP contribution >= 0.6 is 12.6 Å². The van der Waals surface area contributed by atoms with E-state index in [0.717, 1.165) is 0 Å². The second-order valence-corrected chi connectivity index (χ2v) is 0.300. The van der Waals surface area contributed by atoms with Crippen molar-refractivity contribution in [1.29, 1.82) is 5.26 Å². The minimum atomic E-state index is 0. The topological polar surface area (TPSA) is 23.8 Å². The van der Waals surface area contributed by atoms with Crippen LogP contribution < -0.4 is 58.2 Å². The van der Waals surface area contributed by atoms with Crippen molar-refractivity contribution in [2.75, 3.05) is 0 Å². The van der Waals surface area contributed by atoms with E-state index in [1.54, 1.807) is 0 Å². The first-order valence-electron chi connectivity index (χ1n) is 0.447. The summed E-state index contributed by atoms with van der Waals surface area (Å²) in [7, 11) is 0. The minimum absolute atomic E-state index is 0. The van der Waals surface area contributed by atoms with Crippen LogP contribution in [0.2, 0.25) is 0 Å². The van der Waals surface area contributed by atoms with Crippen molar-refractivity contribution in [3.63, 3.8) is 0 Å². The van der Waals surface area contributed by atoms with E-state index in [1.807, 2.05) is 0 Å². The van der Waals surface area contributed by atoms with Gasteiger partial charge < -0.3 is 1.43 Å². The third-order valence-corrected chi connectivity index (χ3v) is 0. The molecule has 18 valence electrons. The molecule has 0 radical (unpaired) electrons. The Balaban J connectivity index is -0.0000000200. The number of hydrogen-bond donors (Lipinski definition) is 1. The van der Waals surface area contributed by atoms with Crippen molar-refractivity contribution in [2.24, 2.45) is 0 Å². The molecule has 0 fully saturated rings. The molecule has 0 aliphatic heterocycles. The minimum Gasteiger partial charge on any atom is -1.00 e. The Morgan fingerprint density at radius 1 is 2.00 bits per heavy atom. The molecule has 0 aliphatic carbocycles. The van der Waals surface area contributed by atoms with E-state index in [9.17, 15) is 0 Å². The van der Waals surface area contributed by atoms with Gasteiger partial charge in [-0.25, -0.2) is 0 Å². The van der Waals surface area contributed by atoms with E-state index >= 15 is 0 Å². The number of thiol groups is 1. The fraction of sp³-hybridized carbons (Fsp3) is 0. The number of thiocyanates is 1. The Morgan fingerprint density at radius 2 is 2.00 bits per heavy atom. The summed E-state index contributed by atoms with van der Waals surface area (Å²) in [6.07, 6.45) is 0. The Kier molecular flexibility index (Phi) is 20.2. The SMILES string of the molecule is N#CS.[H-].[Rb+]. The molecule has 0 unspecified atom stereocenters. The maximum Gasteiger partial charge on any atom is 1.00 e. The third-order valence-electron chi connectivity index (χ3n) is 0. The first kappa shape index (κ1) is 9.17. The maximum atomic E-state index is 7.18. The van der Waals surface area contributed by atoms with Gasteiger partial charge in [0.2, 0.25) is 0 Å². The van der Waals surface area contributed by atoms with Crippen LogP contribution in [-0.4, -0.2) is 0 Å². The van der Waals surface area contributed by atoms with E-state index in [0.29, 0.717) is 0 Å². The first-order chi connectivity index (χ1) is 1.41. The van der Waals surface area contributed by atoms with Crippen molar-refractivity contribution >= 4 is 12.6 Å². The third kappa shape index (κ3) is 9.42. The summed E-state index contributed by atoms with van der Waals surface area (Å²) in [5.41, 5.74) is 0. The molecule has 0 aromatic heterocycles. The molecule has 0 saturated carbocycles. The molecule has 0 N–H and O–H groups in total. The summed E-state index contributed by atoms with van der Waals surface area (Å²) in [5.74, 6) is 0. The Hall–Kier alpha value is 1.65. The fourth-order valence-corrected chi connectivity index (χ4v) is 0. The second kappa shape index (κ2) is 8.82. The summed E-state index contributed by atoms with van der Waals surface area (Å²) in [4.78, 5) is 0. The summed E-state index contributed by atoms with van der Waals surface area (Å²) >= 11 is 3.09. The predicted octanol–water partition coefficient (Wildman–Crippen LogP) is -2.49. The van der Waals surface area contributed by atoms with Crippen LogP contribution in [0.15, 0.2) is 0 Å².